The van der Waals surface area contributed by atoms with Crippen LogP contribution in [0.2, 0.25) is 91.7 Å². The molecule has 4 unspecified atom stereocenters. The fraction of sp³-hybridized carbons (Fsp3) is 0.400. The number of rotatable bonds is 6. The van der Waals surface area contributed by atoms with Crippen LogP contribution >= 0.6 is 15.8 Å². The Kier molecular flexibility index (Phi) is 17.0. The Morgan fingerprint density at radius 2 is 0.820 bits per heavy atom. The summed E-state index contributed by atoms with van der Waals surface area (Å²) in [5, 5.41) is 10.8. The molecule has 2 heterocycles. The summed E-state index contributed by atoms with van der Waals surface area (Å²) < 4.78 is 0. The second-order valence-corrected chi connectivity index (χ2v) is 53.6. The van der Waals surface area contributed by atoms with Crippen molar-refractivity contribution in [2.24, 2.45) is 0 Å². The van der Waals surface area contributed by atoms with Crippen LogP contribution in [-0.2, 0) is 23.3 Å². The van der Waals surface area contributed by atoms with E-state index in [4.69, 9.17) is 0 Å². The number of allylic oxidation sites excluding steroid dienone is 12. The van der Waals surface area contributed by atoms with Gasteiger partial charge >= 0.3 is 41.9 Å². The topological polar surface area (TPSA) is 0 Å². The minimum Gasteiger partial charge on any atom is -1.00 e. The zero-order valence-corrected chi connectivity index (χ0v) is 43.6. The Bertz CT molecular complexity index is 1580. The van der Waals surface area contributed by atoms with Crippen LogP contribution in [0.4, 0.5) is 0 Å². The molecule has 0 spiro atoms. The third kappa shape index (κ3) is 11.6. The van der Waals surface area contributed by atoms with Gasteiger partial charge in [0.15, 0.2) is 0 Å². The summed E-state index contributed by atoms with van der Waals surface area (Å²) >= 11 is 1.74. The van der Waals surface area contributed by atoms with Crippen LogP contribution in [0, 0.1) is 12.2 Å². The van der Waals surface area contributed by atoms with Crippen molar-refractivity contribution in [3.8, 4) is 0 Å². The van der Waals surface area contributed by atoms with Crippen molar-refractivity contribution >= 4 is 64.2 Å². The van der Waals surface area contributed by atoms with E-state index in [1.807, 2.05) is 0 Å². The molecule has 50 heavy (non-hydrogen) atoms. The molecule has 0 bridgehead atoms. The van der Waals surface area contributed by atoms with Crippen LogP contribution in [0.5, 0.6) is 0 Å². The van der Waals surface area contributed by atoms with Crippen LogP contribution in [0.1, 0.15) is 0 Å². The van der Waals surface area contributed by atoms with Gasteiger partial charge in [0.1, 0.15) is 0 Å². The molecule has 2 aromatic carbocycles. The summed E-state index contributed by atoms with van der Waals surface area (Å²) in [6.07, 6.45) is 17.7. The average Bonchev–Trinajstić information content (AvgIpc) is 3.71. The Labute approximate surface area is 340 Å². The summed E-state index contributed by atoms with van der Waals surface area (Å²) in [5.41, 5.74) is 3.07. The number of hydrogen-bond acceptors (Lipinski definition) is 0. The van der Waals surface area contributed by atoms with Crippen molar-refractivity contribution in [2.45, 2.75) is 102 Å². The Morgan fingerprint density at radius 3 is 1.06 bits per heavy atom. The fourth-order valence-corrected chi connectivity index (χ4v) is 22.6. The average molecular weight is 903 g/mol. The summed E-state index contributed by atoms with van der Waals surface area (Å²) in [4.78, 5) is 0. The molecule has 2 aliphatic heterocycles. The molecule has 0 fully saturated rings. The van der Waals surface area contributed by atoms with Crippen molar-refractivity contribution in [2.75, 3.05) is 0 Å². The zero-order chi connectivity index (χ0) is 35.8. The largest absolute Gasteiger partial charge is 1.00 e. The van der Waals surface area contributed by atoms with Crippen LogP contribution in [0.15, 0.2) is 117 Å². The van der Waals surface area contributed by atoms with Crippen molar-refractivity contribution in [3.63, 3.8) is 0 Å². The second-order valence-electron chi connectivity index (χ2n) is 17.8. The molecule has 2 aliphatic carbocycles. The smallest absolute Gasteiger partial charge is 1.00 e. The molecule has 2 aromatic rings. The molecule has 0 radical (unpaired) electrons. The zero-order valence-electron chi connectivity index (χ0n) is 32.9. The van der Waals surface area contributed by atoms with E-state index in [1.54, 1.807) is 44.6 Å². The van der Waals surface area contributed by atoms with Gasteiger partial charge < -0.3 is 24.8 Å². The minimum absolute atomic E-state index is 0. The molecule has 0 aromatic heterocycles. The van der Waals surface area contributed by atoms with Gasteiger partial charge in [0, 0.05) is 16.1 Å². The number of fused-ring (bicyclic) bond motifs is 2. The van der Waals surface area contributed by atoms with Crippen molar-refractivity contribution < 1.29 is 48.1 Å². The van der Waals surface area contributed by atoms with E-state index < -0.39 is 32.3 Å². The van der Waals surface area contributed by atoms with Crippen LogP contribution in [0.3, 0.4) is 0 Å². The quantitative estimate of drug-likeness (QED) is 0.197. The van der Waals surface area contributed by atoms with E-state index in [1.165, 1.54) is 21.5 Å². The minimum atomic E-state index is -1.28. The summed E-state index contributed by atoms with van der Waals surface area (Å²) in [7, 11) is -5.49. The number of benzene rings is 2. The van der Waals surface area contributed by atoms with E-state index in [0.29, 0.717) is 0 Å². The Morgan fingerprint density at radius 1 is 0.540 bits per heavy atom. The van der Waals surface area contributed by atoms with Gasteiger partial charge in [-0.3, -0.25) is 0 Å². The third-order valence-electron chi connectivity index (χ3n) is 8.84. The first-order chi connectivity index (χ1) is 22.1. The Hall–Kier alpha value is 0.288. The molecular weight excluding hydrogens is 845 g/mol. The maximum absolute atomic E-state index is 3.78. The summed E-state index contributed by atoms with van der Waals surface area (Å²) in [6.45, 7) is 34.2. The molecule has 4 atom stereocenters. The second kappa shape index (κ2) is 18.3. The summed E-state index contributed by atoms with van der Waals surface area (Å²) in [5.74, 6) is 0. The predicted octanol–water partition coefficient (Wildman–Crippen LogP) is 5.76. The molecule has 0 saturated heterocycles. The van der Waals surface area contributed by atoms with E-state index in [9.17, 15) is 0 Å². The van der Waals surface area contributed by atoms with Gasteiger partial charge in [0.2, 0.25) is 0 Å². The fourth-order valence-electron chi connectivity index (χ4n) is 6.20. The van der Waals surface area contributed by atoms with Crippen LogP contribution in [0.25, 0.3) is 0 Å². The SMILES string of the molecule is C[Si](C)(C)C1=[C-]C2=CC([Si](C)(C)C)P(c3ccccc3)C2=C1.C[Si](C)(C)C1=[C-]C2=CC([Si](C)(C)C)P(c3ccccc3)C2=C1.C[Si](C)=[Zr+2].[Cl-].[Cl-]. The van der Waals surface area contributed by atoms with Crippen molar-refractivity contribution in [3.05, 3.63) is 129 Å². The standard InChI is InChI=1S/2C19H26PSi2.C2H6Si.2ClH.Zr/c2*1-21(2,3)17-12-15-13-19(22(4,5)6)20(18(15)14-17)16-10-8-7-9-11-16;1-3-2;;;/h2*7-11,13-14,19H,1-6H3;1-2H3;2*1H;/q2*-1;;;;+2/p-2. The van der Waals surface area contributed by atoms with Crippen LogP contribution in [-0.4, -0.2) is 48.3 Å². The monoisotopic (exact) mass is 900 g/mol. The van der Waals surface area contributed by atoms with Gasteiger partial charge in [0.05, 0.1) is 16.1 Å². The molecule has 6 rings (SSSR count). The van der Waals surface area contributed by atoms with E-state index >= 15 is 0 Å². The van der Waals surface area contributed by atoms with E-state index in [0.717, 1.165) is 10.6 Å². The first-order valence-electron chi connectivity index (χ1n) is 17.5. The van der Waals surface area contributed by atoms with Crippen molar-refractivity contribution in [1.82, 2.24) is 0 Å². The maximum Gasteiger partial charge on any atom is -1.00 e. The van der Waals surface area contributed by atoms with Gasteiger partial charge in [-0.15, -0.1) is 49.0 Å². The molecule has 0 N–H and O–H groups in total. The number of hydrogen-bond donors (Lipinski definition) is 0. The molecule has 4 aliphatic rings. The van der Waals surface area contributed by atoms with Crippen molar-refractivity contribution in [1.29, 1.82) is 0 Å². The Balaban J connectivity index is 0.000000303. The van der Waals surface area contributed by atoms with Gasteiger partial charge in [-0.25, -0.2) is 0 Å². The third-order valence-corrected chi connectivity index (χ3v) is 27.6. The molecule has 0 saturated carbocycles. The normalized spacial score (nSPS) is 22.3. The molecule has 268 valence electrons. The molecule has 0 nitrogen and oxygen atoms in total. The number of halogens is 2. The van der Waals surface area contributed by atoms with E-state index in [-0.39, 0.29) is 46.1 Å². The van der Waals surface area contributed by atoms with Gasteiger partial charge in [-0.05, 0) is 21.2 Å². The predicted molar refractivity (Wildman–Crippen MR) is 230 cm³/mol. The van der Waals surface area contributed by atoms with Gasteiger partial charge in [0.25, 0.3) is 0 Å². The molecular formula is C40H58Cl2P2Si5Zr-2. The summed E-state index contributed by atoms with van der Waals surface area (Å²) in [6, 6.07) is 22.4. The van der Waals surface area contributed by atoms with Gasteiger partial charge in [-0.2, -0.15) is 35.5 Å². The maximum atomic E-state index is 3.78. The van der Waals surface area contributed by atoms with Gasteiger partial charge in [-0.1, -0.05) is 139 Å². The first-order valence-corrected chi connectivity index (χ1v) is 40.6. The molecule has 10 heteroatoms. The van der Waals surface area contributed by atoms with Crippen LogP contribution < -0.4 is 35.4 Å². The molecule has 0 amide bonds. The van der Waals surface area contributed by atoms with E-state index in [2.05, 4.69) is 189 Å². The first kappa shape index (κ1) is 46.4.